The van der Waals surface area contributed by atoms with Gasteiger partial charge in [0.05, 0.1) is 19.3 Å². The molecule has 0 saturated carbocycles. The third-order valence-corrected chi connectivity index (χ3v) is 2.77. The van der Waals surface area contributed by atoms with Gasteiger partial charge in [-0.25, -0.2) is 0 Å². The summed E-state index contributed by atoms with van der Waals surface area (Å²) in [6.45, 7) is 9.94. The summed E-state index contributed by atoms with van der Waals surface area (Å²) in [7, 11) is 0. The first-order valence-electron chi connectivity index (χ1n) is 6.64. The fourth-order valence-electron chi connectivity index (χ4n) is 1.72. The van der Waals surface area contributed by atoms with Crippen molar-refractivity contribution in [2.45, 2.75) is 52.2 Å². The molecule has 0 aromatic rings. The molecule has 0 aromatic carbocycles. The van der Waals surface area contributed by atoms with Gasteiger partial charge in [-0.3, -0.25) is 4.79 Å². The van der Waals surface area contributed by atoms with E-state index in [1.807, 2.05) is 20.8 Å². The quantitative estimate of drug-likeness (QED) is 0.554. The monoisotopic (exact) mass is 261 g/mol. The Morgan fingerprint density at radius 3 is 2.56 bits per heavy atom. The van der Waals surface area contributed by atoms with Crippen molar-refractivity contribution in [1.82, 2.24) is 5.32 Å². The second-order valence-corrected chi connectivity index (χ2v) is 4.65. The van der Waals surface area contributed by atoms with Crippen molar-refractivity contribution in [2.24, 2.45) is 0 Å². The first-order valence-corrected chi connectivity index (χ1v) is 6.64. The van der Waals surface area contributed by atoms with Gasteiger partial charge in [-0.15, -0.1) is 0 Å². The topological polar surface area (TPSA) is 67.8 Å². The maximum absolute atomic E-state index is 11.3. The van der Waals surface area contributed by atoms with Crippen LogP contribution in [0.1, 0.15) is 40.5 Å². The lowest BCUT2D eigenvalue weighted by molar-refractivity contribution is -0.146. The van der Waals surface area contributed by atoms with Crippen LogP contribution in [0.5, 0.6) is 0 Å². The number of ether oxygens (including phenoxy) is 2. The molecule has 0 rings (SSSR count). The number of hydrogen-bond acceptors (Lipinski definition) is 4. The van der Waals surface area contributed by atoms with Gasteiger partial charge in [0.1, 0.15) is 5.54 Å². The zero-order valence-corrected chi connectivity index (χ0v) is 12.0. The standard InChI is InChI=1S/C13H27NO4/c1-5-7-14-13(4,12(15)16)10-11(3)18-9-8-17-6-2/h11,14H,5-10H2,1-4H3,(H,15,16). The molecule has 5 nitrogen and oxygen atoms in total. The van der Waals surface area contributed by atoms with E-state index in [1.165, 1.54) is 0 Å². The van der Waals surface area contributed by atoms with E-state index in [0.717, 1.165) is 6.42 Å². The first-order chi connectivity index (χ1) is 8.46. The van der Waals surface area contributed by atoms with E-state index in [9.17, 15) is 9.90 Å². The molecular formula is C13H27NO4. The Balaban J connectivity index is 4.10. The van der Waals surface area contributed by atoms with E-state index in [-0.39, 0.29) is 6.10 Å². The van der Waals surface area contributed by atoms with Gasteiger partial charge in [-0.2, -0.15) is 0 Å². The average molecular weight is 261 g/mol. The third-order valence-electron chi connectivity index (χ3n) is 2.77. The Morgan fingerprint density at radius 2 is 2.06 bits per heavy atom. The van der Waals surface area contributed by atoms with Crippen molar-refractivity contribution < 1.29 is 19.4 Å². The molecule has 0 heterocycles. The summed E-state index contributed by atoms with van der Waals surface area (Å²) >= 11 is 0. The molecule has 0 aromatic heterocycles. The molecular weight excluding hydrogens is 234 g/mol. The van der Waals surface area contributed by atoms with E-state index in [4.69, 9.17) is 9.47 Å². The second-order valence-electron chi connectivity index (χ2n) is 4.65. The minimum absolute atomic E-state index is 0.115. The lowest BCUT2D eigenvalue weighted by atomic mass is 9.94. The van der Waals surface area contributed by atoms with Gasteiger partial charge in [-0.05, 0) is 33.7 Å². The Labute approximate surface area is 110 Å². The van der Waals surface area contributed by atoms with E-state index in [0.29, 0.717) is 32.8 Å². The molecule has 0 spiro atoms. The average Bonchev–Trinajstić information content (AvgIpc) is 2.32. The summed E-state index contributed by atoms with van der Waals surface area (Å²) in [6.07, 6.45) is 1.23. The number of nitrogens with one attached hydrogen (secondary N) is 1. The number of carbonyl (C=O) groups is 1. The summed E-state index contributed by atoms with van der Waals surface area (Å²) in [5.74, 6) is -0.837. The van der Waals surface area contributed by atoms with Gasteiger partial charge < -0.3 is 19.9 Å². The van der Waals surface area contributed by atoms with E-state index in [2.05, 4.69) is 5.32 Å². The summed E-state index contributed by atoms with van der Waals surface area (Å²) in [4.78, 5) is 11.3. The summed E-state index contributed by atoms with van der Waals surface area (Å²) < 4.78 is 10.7. The molecule has 18 heavy (non-hydrogen) atoms. The minimum Gasteiger partial charge on any atom is -0.480 e. The Bertz CT molecular complexity index is 235. The zero-order valence-electron chi connectivity index (χ0n) is 12.0. The third kappa shape index (κ3) is 6.93. The fraction of sp³-hybridized carbons (Fsp3) is 0.923. The second kappa shape index (κ2) is 9.30. The molecule has 2 unspecified atom stereocenters. The van der Waals surface area contributed by atoms with Crippen molar-refractivity contribution in [3.05, 3.63) is 0 Å². The molecule has 0 aliphatic heterocycles. The van der Waals surface area contributed by atoms with Gasteiger partial charge in [0.15, 0.2) is 0 Å². The van der Waals surface area contributed by atoms with Crippen molar-refractivity contribution in [1.29, 1.82) is 0 Å². The number of carboxylic acids is 1. The van der Waals surface area contributed by atoms with Crippen LogP contribution in [0.25, 0.3) is 0 Å². The van der Waals surface area contributed by atoms with Gasteiger partial charge in [0.25, 0.3) is 0 Å². The van der Waals surface area contributed by atoms with Crippen LogP contribution in [0.2, 0.25) is 0 Å². The normalized spacial score (nSPS) is 16.2. The molecule has 0 bridgehead atoms. The number of rotatable bonds is 11. The van der Waals surface area contributed by atoms with Gasteiger partial charge in [0, 0.05) is 13.0 Å². The Kier molecular flexibility index (Phi) is 8.97. The van der Waals surface area contributed by atoms with E-state index in [1.54, 1.807) is 6.92 Å². The number of hydrogen-bond donors (Lipinski definition) is 2. The summed E-state index contributed by atoms with van der Waals surface area (Å²) in [5.41, 5.74) is -0.930. The highest BCUT2D eigenvalue weighted by molar-refractivity contribution is 5.78. The van der Waals surface area contributed by atoms with Crippen LogP contribution in [-0.4, -0.2) is 49.1 Å². The molecule has 2 N–H and O–H groups in total. The highest BCUT2D eigenvalue weighted by Crippen LogP contribution is 2.15. The number of aliphatic carboxylic acids is 1. The number of carboxylic acid groups (broad SMARTS) is 1. The predicted molar refractivity (Wildman–Crippen MR) is 70.9 cm³/mol. The van der Waals surface area contributed by atoms with Crippen LogP contribution in [0.15, 0.2) is 0 Å². The van der Waals surface area contributed by atoms with Crippen LogP contribution in [0.3, 0.4) is 0 Å². The first kappa shape index (κ1) is 17.4. The van der Waals surface area contributed by atoms with Gasteiger partial charge >= 0.3 is 5.97 Å². The van der Waals surface area contributed by atoms with Crippen LogP contribution < -0.4 is 5.32 Å². The largest absolute Gasteiger partial charge is 0.480 e. The molecule has 5 heteroatoms. The summed E-state index contributed by atoms with van der Waals surface area (Å²) in [6, 6.07) is 0. The van der Waals surface area contributed by atoms with Crippen molar-refractivity contribution in [3.8, 4) is 0 Å². The van der Waals surface area contributed by atoms with Crippen LogP contribution in [-0.2, 0) is 14.3 Å². The minimum atomic E-state index is -0.930. The molecule has 2 atom stereocenters. The van der Waals surface area contributed by atoms with E-state index >= 15 is 0 Å². The zero-order chi connectivity index (χ0) is 14.0. The molecule has 108 valence electrons. The molecule has 0 aliphatic carbocycles. The molecule has 0 amide bonds. The SMILES string of the molecule is CCCNC(C)(CC(C)OCCOCC)C(=O)O. The Hall–Kier alpha value is -0.650. The summed E-state index contributed by atoms with van der Waals surface area (Å²) in [5, 5.41) is 12.3. The molecule has 0 aliphatic rings. The van der Waals surface area contributed by atoms with Crippen molar-refractivity contribution in [2.75, 3.05) is 26.4 Å². The van der Waals surface area contributed by atoms with Crippen LogP contribution >= 0.6 is 0 Å². The lowest BCUT2D eigenvalue weighted by Gasteiger charge is -2.29. The molecule has 0 fully saturated rings. The fourth-order valence-corrected chi connectivity index (χ4v) is 1.72. The molecule has 0 radical (unpaired) electrons. The van der Waals surface area contributed by atoms with E-state index < -0.39 is 11.5 Å². The highest BCUT2D eigenvalue weighted by atomic mass is 16.5. The Morgan fingerprint density at radius 1 is 1.39 bits per heavy atom. The van der Waals surface area contributed by atoms with Gasteiger partial charge in [-0.1, -0.05) is 6.92 Å². The smallest absolute Gasteiger partial charge is 0.323 e. The van der Waals surface area contributed by atoms with Crippen LogP contribution in [0.4, 0.5) is 0 Å². The maximum atomic E-state index is 11.3. The highest BCUT2D eigenvalue weighted by Gasteiger charge is 2.34. The van der Waals surface area contributed by atoms with Crippen LogP contribution in [0, 0.1) is 0 Å². The van der Waals surface area contributed by atoms with Crippen molar-refractivity contribution in [3.63, 3.8) is 0 Å². The maximum Gasteiger partial charge on any atom is 0.323 e. The predicted octanol–water partition coefficient (Wildman–Crippen LogP) is 1.66. The van der Waals surface area contributed by atoms with Crippen molar-refractivity contribution >= 4 is 5.97 Å². The van der Waals surface area contributed by atoms with Gasteiger partial charge in [0.2, 0.25) is 0 Å². The molecule has 0 saturated heterocycles. The lowest BCUT2D eigenvalue weighted by Crippen LogP contribution is -2.51.